The van der Waals surface area contributed by atoms with Crippen LogP contribution in [0.3, 0.4) is 0 Å². The molecule has 4 rings (SSSR count). The van der Waals surface area contributed by atoms with E-state index in [2.05, 4.69) is 69.8 Å². The topological polar surface area (TPSA) is 28.2 Å². The highest BCUT2D eigenvalue weighted by Crippen LogP contribution is 2.53. The Morgan fingerprint density at radius 2 is 1.21 bits per heavy atom. The molecule has 0 radical (unpaired) electrons. The quantitative estimate of drug-likeness (QED) is 0.695. The maximum atomic E-state index is 6.45. The maximum Gasteiger partial charge on any atom is 0.107 e. The zero-order chi connectivity index (χ0) is 19.4. The Hall–Kier alpha value is -1.27. The molecule has 2 aliphatic rings. The summed E-state index contributed by atoms with van der Waals surface area (Å²) in [6.45, 7) is 6.66. The van der Waals surface area contributed by atoms with Gasteiger partial charge in [0.25, 0.3) is 0 Å². The highest BCUT2D eigenvalue weighted by atomic mass is 32.4. The van der Waals surface area contributed by atoms with Crippen molar-refractivity contribution in [2.75, 3.05) is 64.6 Å². The molecular formula is C21H28N3O2PS. The highest BCUT2D eigenvalue weighted by Gasteiger charge is 2.36. The van der Waals surface area contributed by atoms with Crippen LogP contribution in [0, 0.1) is 0 Å². The van der Waals surface area contributed by atoms with Crippen molar-refractivity contribution in [2.45, 2.75) is 0 Å². The number of nitrogens with zero attached hydrogens (tertiary/aromatic N) is 3. The van der Waals surface area contributed by atoms with Crippen LogP contribution in [0.25, 0.3) is 0 Å². The lowest BCUT2D eigenvalue weighted by molar-refractivity contribution is 0.0589. The van der Waals surface area contributed by atoms with Gasteiger partial charge in [-0.05, 0) is 36.4 Å². The summed E-state index contributed by atoms with van der Waals surface area (Å²) in [7, 11) is 2.10. The fourth-order valence-corrected chi connectivity index (χ4v) is 8.13. The molecule has 0 aromatic heterocycles. The van der Waals surface area contributed by atoms with Gasteiger partial charge < -0.3 is 14.4 Å². The minimum Gasteiger partial charge on any atom is -0.379 e. The summed E-state index contributed by atoms with van der Waals surface area (Å²) in [6, 6.07) is 19.3. The summed E-state index contributed by atoms with van der Waals surface area (Å²) in [5.74, 6) is 0. The van der Waals surface area contributed by atoms with Crippen molar-refractivity contribution >= 4 is 34.8 Å². The molecule has 2 saturated heterocycles. The second-order valence-electron chi connectivity index (χ2n) is 7.09. The fourth-order valence-electron chi connectivity index (χ4n) is 3.83. The molecule has 0 saturated carbocycles. The van der Waals surface area contributed by atoms with Gasteiger partial charge in [0.2, 0.25) is 0 Å². The molecule has 2 heterocycles. The van der Waals surface area contributed by atoms with Gasteiger partial charge in [-0.2, -0.15) is 0 Å². The largest absolute Gasteiger partial charge is 0.379 e. The van der Waals surface area contributed by atoms with Gasteiger partial charge in [0.05, 0.1) is 26.4 Å². The predicted octanol–water partition coefficient (Wildman–Crippen LogP) is 3.05. The van der Waals surface area contributed by atoms with Crippen LogP contribution < -0.4 is 10.2 Å². The molecule has 2 aliphatic heterocycles. The van der Waals surface area contributed by atoms with Crippen LogP contribution in [0.15, 0.2) is 54.6 Å². The maximum absolute atomic E-state index is 6.45. The molecule has 0 amide bonds. The lowest BCUT2D eigenvalue weighted by Crippen LogP contribution is -2.46. The predicted molar refractivity (Wildman–Crippen MR) is 120 cm³/mol. The van der Waals surface area contributed by atoms with Gasteiger partial charge in [-0.15, -0.1) is 0 Å². The van der Waals surface area contributed by atoms with Gasteiger partial charge in [0, 0.05) is 49.9 Å². The minimum atomic E-state index is -2.02. The third-order valence-corrected chi connectivity index (χ3v) is 10.8. The standard InChI is InChI=1S/C21H28N3O2PS/c1-22(19-5-3-2-4-6-19)20-7-9-21(10-8-20)27(28,23-11-15-25-16-12-23)24-13-17-26-18-14-24/h2-10H,11-18H2,1H3. The lowest BCUT2D eigenvalue weighted by Gasteiger charge is -2.45. The zero-order valence-corrected chi connectivity index (χ0v) is 18.1. The molecule has 28 heavy (non-hydrogen) atoms. The summed E-state index contributed by atoms with van der Waals surface area (Å²) in [6.07, 6.45) is -2.02. The number of ether oxygens (including phenoxy) is 2. The van der Waals surface area contributed by atoms with Crippen LogP contribution >= 0.6 is 6.34 Å². The molecule has 5 nitrogen and oxygen atoms in total. The summed E-state index contributed by atoms with van der Waals surface area (Å²) in [5.41, 5.74) is 2.34. The van der Waals surface area contributed by atoms with Crippen molar-refractivity contribution in [1.29, 1.82) is 0 Å². The molecule has 0 unspecified atom stereocenters. The lowest BCUT2D eigenvalue weighted by atomic mass is 10.2. The Morgan fingerprint density at radius 1 is 0.750 bits per heavy atom. The van der Waals surface area contributed by atoms with E-state index in [1.807, 2.05) is 6.07 Å². The average Bonchev–Trinajstić information content (AvgIpc) is 2.80. The summed E-state index contributed by atoms with van der Waals surface area (Å²) >= 11 is 6.45. The van der Waals surface area contributed by atoms with Gasteiger partial charge >= 0.3 is 0 Å². The van der Waals surface area contributed by atoms with E-state index in [0.717, 1.165) is 52.6 Å². The van der Waals surface area contributed by atoms with Crippen LogP contribution in [0.2, 0.25) is 0 Å². The van der Waals surface area contributed by atoms with Crippen molar-refractivity contribution < 1.29 is 9.47 Å². The molecule has 150 valence electrons. The smallest absolute Gasteiger partial charge is 0.107 e. The van der Waals surface area contributed by atoms with Crippen LogP contribution in [-0.4, -0.2) is 69.0 Å². The number of hydrogen-bond acceptors (Lipinski definition) is 4. The fraction of sp³-hybridized carbons (Fsp3) is 0.429. The number of para-hydroxylation sites is 1. The van der Waals surface area contributed by atoms with Gasteiger partial charge in [-0.25, -0.2) is 0 Å². The van der Waals surface area contributed by atoms with E-state index in [4.69, 9.17) is 21.3 Å². The Labute approximate surface area is 173 Å². The number of morpholine rings is 2. The van der Waals surface area contributed by atoms with E-state index < -0.39 is 6.34 Å². The SMILES string of the molecule is CN(c1ccccc1)c1ccc(P(=S)(N2CCOCC2)N2CCOCC2)cc1. The first-order chi connectivity index (χ1) is 13.7. The Bertz CT molecular complexity index is 784. The molecule has 7 heteroatoms. The molecule has 0 N–H and O–H groups in total. The van der Waals surface area contributed by atoms with Crippen molar-refractivity contribution in [2.24, 2.45) is 0 Å². The van der Waals surface area contributed by atoms with Crippen LogP contribution in [0.1, 0.15) is 0 Å². The molecule has 2 aromatic rings. The molecule has 0 aliphatic carbocycles. The summed E-state index contributed by atoms with van der Waals surface area (Å²) in [5, 5.41) is 1.26. The van der Waals surface area contributed by atoms with Crippen LogP contribution in [0.5, 0.6) is 0 Å². The molecule has 2 fully saturated rings. The third-order valence-electron chi connectivity index (χ3n) is 5.46. The van der Waals surface area contributed by atoms with Gasteiger partial charge in [-0.3, -0.25) is 9.34 Å². The van der Waals surface area contributed by atoms with Gasteiger partial charge in [-0.1, -0.05) is 30.0 Å². The number of hydrogen-bond donors (Lipinski definition) is 0. The van der Waals surface area contributed by atoms with Gasteiger partial charge in [0.1, 0.15) is 6.34 Å². The normalized spacial score (nSPS) is 19.5. The minimum absolute atomic E-state index is 0.761. The second-order valence-corrected chi connectivity index (χ2v) is 11.4. The third kappa shape index (κ3) is 4.04. The first-order valence-corrected chi connectivity index (χ1v) is 12.6. The van der Waals surface area contributed by atoms with E-state index in [1.54, 1.807) is 0 Å². The zero-order valence-electron chi connectivity index (χ0n) is 16.4. The Kier molecular flexibility index (Phi) is 6.46. The first kappa shape index (κ1) is 20.0. The first-order valence-electron chi connectivity index (χ1n) is 9.85. The van der Waals surface area contributed by atoms with Crippen LogP contribution in [-0.2, 0) is 21.3 Å². The van der Waals surface area contributed by atoms with Crippen molar-refractivity contribution in [3.05, 3.63) is 54.6 Å². The van der Waals surface area contributed by atoms with E-state index in [1.165, 1.54) is 16.7 Å². The molecule has 0 bridgehead atoms. The van der Waals surface area contributed by atoms with Crippen molar-refractivity contribution in [3.8, 4) is 0 Å². The molecular weight excluding hydrogens is 389 g/mol. The van der Waals surface area contributed by atoms with E-state index in [-0.39, 0.29) is 0 Å². The summed E-state index contributed by atoms with van der Waals surface area (Å²) in [4.78, 5) is 2.21. The number of anilines is 2. The van der Waals surface area contributed by atoms with E-state index in [9.17, 15) is 0 Å². The monoisotopic (exact) mass is 417 g/mol. The molecule has 0 spiro atoms. The van der Waals surface area contributed by atoms with Crippen LogP contribution in [0.4, 0.5) is 11.4 Å². The van der Waals surface area contributed by atoms with Gasteiger partial charge in [0.15, 0.2) is 0 Å². The Balaban J connectivity index is 1.63. The number of rotatable bonds is 5. The molecule has 0 atom stereocenters. The number of benzene rings is 2. The van der Waals surface area contributed by atoms with E-state index >= 15 is 0 Å². The highest BCUT2D eigenvalue weighted by molar-refractivity contribution is 8.15. The summed E-state index contributed by atoms with van der Waals surface area (Å²) < 4.78 is 16.2. The molecule has 2 aromatic carbocycles. The van der Waals surface area contributed by atoms with Crippen molar-refractivity contribution in [1.82, 2.24) is 9.34 Å². The second kappa shape index (κ2) is 9.04. The Morgan fingerprint density at radius 3 is 1.71 bits per heavy atom. The van der Waals surface area contributed by atoms with Crippen molar-refractivity contribution in [3.63, 3.8) is 0 Å². The van der Waals surface area contributed by atoms with E-state index in [0.29, 0.717) is 0 Å². The average molecular weight is 418 g/mol.